The van der Waals surface area contributed by atoms with Gasteiger partial charge >= 0.3 is 0 Å². The molecule has 1 N–H and O–H groups in total. The maximum absolute atomic E-state index is 11.8. The molecule has 98 valence electrons. The van der Waals surface area contributed by atoms with Crippen LogP contribution in [0.2, 0.25) is 0 Å². The second kappa shape index (κ2) is 5.85. The Kier molecular flexibility index (Phi) is 4.18. The Hall–Kier alpha value is -1.58. The topological polar surface area (TPSA) is 51.1 Å². The summed E-state index contributed by atoms with van der Waals surface area (Å²) in [5.74, 6) is 0.706. The molecule has 0 atom stereocenters. The highest BCUT2D eigenvalue weighted by molar-refractivity contribution is 5.76. The normalized spacial score (nSPS) is 23.6. The third kappa shape index (κ3) is 3.45. The first kappa shape index (κ1) is 12.9. The lowest BCUT2D eigenvalue weighted by atomic mass is 9.87. The highest BCUT2D eigenvalue weighted by Gasteiger charge is 2.19. The average molecular weight is 248 g/mol. The van der Waals surface area contributed by atoms with Gasteiger partial charge in [0, 0.05) is 18.3 Å². The first-order valence-corrected chi connectivity index (χ1v) is 6.60. The van der Waals surface area contributed by atoms with Gasteiger partial charge in [-0.05, 0) is 37.7 Å². The molecule has 1 saturated carbocycles. The summed E-state index contributed by atoms with van der Waals surface area (Å²) in [7, 11) is 0. The van der Waals surface area contributed by atoms with E-state index >= 15 is 0 Å². The van der Waals surface area contributed by atoms with Crippen LogP contribution >= 0.6 is 0 Å². The van der Waals surface area contributed by atoms with Crippen LogP contribution in [-0.2, 0) is 11.3 Å². The fraction of sp³-hybridized carbons (Fsp3) is 0.571. The number of nitrogens with zero attached hydrogens (tertiary/aromatic N) is 1. The van der Waals surface area contributed by atoms with Crippen molar-refractivity contribution in [1.82, 2.24) is 9.88 Å². The van der Waals surface area contributed by atoms with Crippen LogP contribution in [0.25, 0.3) is 0 Å². The van der Waals surface area contributed by atoms with E-state index in [1.165, 1.54) is 23.5 Å². The number of aromatic nitrogens is 1. The fourth-order valence-electron chi connectivity index (χ4n) is 2.42. The summed E-state index contributed by atoms with van der Waals surface area (Å²) in [5.41, 5.74) is -0.134. The summed E-state index contributed by atoms with van der Waals surface area (Å²) in [6.07, 6.45) is 6.10. The molecule has 1 amide bonds. The van der Waals surface area contributed by atoms with Crippen molar-refractivity contribution in [3.63, 3.8) is 0 Å². The van der Waals surface area contributed by atoms with Crippen LogP contribution in [0.15, 0.2) is 29.2 Å². The minimum absolute atomic E-state index is 0.0668. The summed E-state index contributed by atoms with van der Waals surface area (Å²) in [6, 6.07) is 5.19. The van der Waals surface area contributed by atoms with Gasteiger partial charge in [0.05, 0.1) is 0 Å². The lowest BCUT2D eigenvalue weighted by Crippen LogP contribution is -2.40. The van der Waals surface area contributed by atoms with E-state index in [2.05, 4.69) is 12.2 Å². The van der Waals surface area contributed by atoms with Crippen molar-refractivity contribution in [2.24, 2.45) is 5.92 Å². The van der Waals surface area contributed by atoms with Gasteiger partial charge in [0.1, 0.15) is 6.54 Å². The third-order valence-electron chi connectivity index (χ3n) is 3.59. The fourth-order valence-corrected chi connectivity index (χ4v) is 2.42. The van der Waals surface area contributed by atoms with Crippen LogP contribution < -0.4 is 10.9 Å². The van der Waals surface area contributed by atoms with Crippen molar-refractivity contribution in [3.05, 3.63) is 34.7 Å². The minimum atomic E-state index is -0.134. The van der Waals surface area contributed by atoms with Gasteiger partial charge in [0.25, 0.3) is 5.56 Å². The number of carbonyl (C=O) groups excluding carboxylic acids is 1. The average Bonchev–Trinajstić information content (AvgIpc) is 2.35. The van der Waals surface area contributed by atoms with E-state index < -0.39 is 0 Å². The van der Waals surface area contributed by atoms with E-state index in [1.807, 2.05) is 0 Å². The molecule has 4 nitrogen and oxygen atoms in total. The van der Waals surface area contributed by atoms with E-state index in [-0.39, 0.29) is 24.1 Å². The van der Waals surface area contributed by atoms with Gasteiger partial charge in [-0.3, -0.25) is 9.59 Å². The predicted octanol–water partition coefficient (Wildman–Crippen LogP) is 1.54. The molecule has 0 aromatic carbocycles. The standard InChI is InChI=1S/C14H20N2O2/c1-11-5-7-12(8-6-11)15-13(17)10-16-9-3-2-4-14(16)18/h2-4,9,11-12H,5-8,10H2,1H3,(H,15,17). The smallest absolute Gasteiger partial charge is 0.250 e. The molecule has 0 bridgehead atoms. The van der Waals surface area contributed by atoms with Gasteiger partial charge in [0.15, 0.2) is 0 Å². The van der Waals surface area contributed by atoms with Crippen molar-refractivity contribution in [2.45, 2.75) is 45.2 Å². The molecule has 0 unspecified atom stereocenters. The molecule has 2 rings (SSSR count). The van der Waals surface area contributed by atoms with Crippen LogP contribution in [0.5, 0.6) is 0 Å². The molecule has 0 aliphatic heterocycles. The zero-order chi connectivity index (χ0) is 13.0. The zero-order valence-electron chi connectivity index (χ0n) is 10.8. The van der Waals surface area contributed by atoms with Gasteiger partial charge in [-0.2, -0.15) is 0 Å². The molecule has 1 aliphatic rings. The number of hydrogen-bond donors (Lipinski definition) is 1. The van der Waals surface area contributed by atoms with E-state index in [9.17, 15) is 9.59 Å². The van der Waals surface area contributed by atoms with Crippen LogP contribution in [0.1, 0.15) is 32.6 Å². The van der Waals surface area contributed by atoms with Gasteiger partial charge in [-0.15, -0.1) is 0 Å². The maximum atomic E-state index is 11.8. The number of carbonyl (C=O) groups is 1. The Bertz CT molecular complexity index is 459. The predicted molar refractivity (Wildman–Crippen MR) is 70.3 cm³/mol. The summed E-state index contributed by atoms with van der Waals surface area (Å²) in [6.45, 7) is 2.37. The lowest BCUT2D eigenvalue weighted by Gasteiger charge is -2.26. The SMILES string of the molecule is CC1CCC(NC(=O)Cn2ccccc2=O)CC1. The number of hydrogen-bond acceptors (Lipinski definition) is 2. The highest BCUT2D eigenvalue weighted by atomic mass is 16.2. The molecule has 1 heterocycles. The second-order valence-corrected chi connectivity index (χ2v) is 5.19. The first-order chi connectivity index (χ1) is 8.65. The largest absolute Gasteiger partial charge is 0.352 e. The molecule has 0 radical (unpaired) electrons. The van der Waals surface area contributed by atoms with E-state index in [0.717, 1.165) is 18.8 Å². The van der Waals surface area contributed by atoms with E-state index in [0.29, 0.717) is 0 Å². The summed E-state index contributed by atoms with van der Waals surface area (Å²) in [4.78, 5) is 23.3. The molecule has 0 saturated heterocycles. The first-order valence-electron chi connectivity index (χ1n) is 6.60. The quantitative estimate of drug-likeness (QED) is 0.882. The number of rotatable bonds is 3. The van der Waals surface area contributed by atoms with E-state index in [1.54, 1.807) is 18.3 Å². The van der Waals surface area contributed by atoms with Crippen LogP contribution in [0.3, 0.4) is 0 Å². The van der Waals surface area contributed by atoms with E-state index in [4.69, 9.17) is 0 Å². The molecule has 0 spiro atoms. The minimum Gasteiger partial charge on any atom is -0.352 e. The van der Waals surface area contributed by atoms with Crippen molar-refractivity contribution >= 4 is 5.91 Å². The molecule has 1 fully saturated rings. The van der Waals surface area contributed by atoms with Gasteiger partial charge in [-0.25, -0.2) is 0 Å². The molecule has 1 aromatic heterocycles. The van der Waals surface area contributed by atoms with Gasteiger partial charge in [0.2, 0.25) is 5.91 Å². The van der Waals surface area contributed by atoms with Crippen LogP contribution in [0.4, 0.5) is 0 Å². The second-order valence-electron chi connectivity index (χ2n) is 5.19. The maximum Gasteiger partial charge on any atom is 0.250 e. The third-order valence-corrected chi connectivity index (χ3v) is 3.59. The van der Waals surface area contributed by atoms with Crippen molar-refractivity contribution in [3.8, 4) is 0 Å². The van der Waals surface area contributed by atoms with Crippen LogP contribution in [-0.4, -0.2) is 16.5 Å². The molecule has 1 aromatic rings. The van der Waals surface area contributed by atoms with Crippen molar-refractivity contribution < 1.29 is 4.79 Å². The molecule has 4 heteroatoms. The molecule has 18 heavy (non-hydrogen) atoms. The molecular weight excluding hydrogens is 228 g/mol. The lowest BCUT2D eigenvalue weighted by molar-refractivity contribution is -0.122. The number of pyridine rings is 1. The Morgan fingerprint density at radius 1 is 1.33 bits per heavy atom. The van der Waals surface area contributed by atoms with Gasteiger partial charge < -0.3 is 9.88 Å². The Balaban J connectivity index is 1.86. The monoisotopic (exact) mass is 248 g/mol. The van der Waals surface area contributed by atoms with Crippen molar-refractivity contribution in [2.75, 3.05) is 0 Å². The van der Waals surface area contributed by atoms with Crippen LogP contribution in [0, 0.1) is 5.92 Å². The Morgan fingerprint density at radius 2 is 2.06 bits per heavy atom. The summed E-state index contributed by atoms with van der Waals surface area (Å²) in [5, 5.41) is 3.02. The molecule has 1 aliphatic carbocycles. The van der Waals surface area contributed by atoms with Crippen molar-refractivity contribution in [1.29, 1.82) is 0 Å². The highest BCUT2D eigenvalue weighted by Crippen LogP contribution is 2.23. The number of amides is 1. The number of nitrogens with one attached hydrogen (secondary N) is 1. The Labute approximate surface area is 107 Å². The molecular formula is C14H20N2O2. The van der Waals surface area contributed by atoms with Gasteiger partial charge in [-0.1, -0.05) is 13.0 Å². The summed E-state index contributed by atoms with van der Waals surface area (Å²) >= 11 is 0. The Morgan fingerprint density at radius 3 is 2.72 bits per heavy atom. The zero-order valence-corrected chi connectivity index (χ0v) is 10.8. The summed E-state index contributed by atoms with van der Waals surface area (Å²) < 4.78 is 1.43.